The van der Waals surface area contributed by atoms with E-state index in [1.807, 2.05) is 6.92 Å². The van der Waals surface area contributed by atoms with Crippen LogP contribution in [0.2, 0.25) is 0 Å². The zero-order chi connectivity index (χ0) is 10.1. The van der Waals surface area contributed by atoms with Gasteiger partial charge in [0.05, 0.1) is 0 Å². The Morgan fingerprint density at radius 1 is 1.43 bits per heavy atom. The molecule has 0 bridgehead atoms. The Kier molecular flexibility index (Phi) is 5.73. The minimum atomic E-state index is -0.495. The predicted molar refractivity (Wildman–Crippen MR) is 59.4 cm³/mol. The Balaban J connectivity index is 0.00000169. The maximum atomic E-state index is 11.5. The molecule has 3 nitrogen and oxygen atoms in total. The van der Waals surface area contributed by atoms with Crippen LogP contribution in [0.1, 0.15) is 33.6 Å². The monoisotopic (exact) mass is 224 g/mol. The zero-order valence-corrected chi connectivity index (χ0v) is 12.0. The molecule has 75 valence electrons. The van der Waals surface area contributed by atoms with E-state index in [1.54, 1.807) is 0 Å². The van der Waals surface area contributed by atoms with Gasteiger partial charge in [0.1, 0.15) is 4.75 Å². The molecule has 1 heterocycles. The van der Waals surface area contributed by atoms with Crippen molar-refractivity contribution >= 4 is 52.5 Å². The smallest absolute Gasteiger partial charge is 0.286 e. The number of amides is 2. The third kappa shape index (κ3) is 2.99. The van der Waals surface area contributed by atoms with Gasteiger partial charge in [-0.15, -0.1) is 0 Å². The first-order valence-corrected chi connectivity index (χ1v) is 5.36. The Labute approximate surface area is 111 Å². The van der Waals surface area contributed by atoms with Gasteiger partial charge >= 0.3 is 0 Å². The van der Waals surface area contributed by atoms with Crippen molar-refractivity contribution in [3.63, 3.8) is 0 Å². The van der Waals surface area contributed by atoms with Crippen molar-refractivity contribution in [1.82, 2.24) is 5.32 Å². The van der Waals surface area contributed by atoms with E-state index in [0.29, 0.717) is 12.3 Å². The average molecular weight is 224 g/mol. The van der Waals surface area contributed by atoms with Crippen LogP contribution in [-0.2, 0) is 4.79 Å². The molecule has 0 aromatic rings. The summed E-state index contributed by atoms with van der Waals surface area (Å²) in [4.78, 5) is 22.6. The third-order valence-electron chi connectivity index (χ3n) is 2.23. The number of imide groups is 1. The molecule has 5 heteroatoms. The zero-order valence-electron chi connectivity index (χ0n) is 9.22. The van der Waals surface area contributed by atoms with Crippen LogP contribution in [0.4, 0.5) is 4.79 Å². The molecule has 1 rings (SSSR count). The van der Waals surface area contributed by atoms with Gasteiger partial charge in [-0.1, -0.05) is 20.8 Å². The third-order valence-corrected chi connectivity index (χ3v) is 3.55. The first-order valence-electron chi connectivity index (χ1n) is 4.54. The molecular formula is C9H15NNaO2S. The minimum Gasteiger partial charge on any atom is -0.286 e. The van der Waals surface area contributed by atoms with E-state index in [2.05, 4.69) is 19.2 Å². The molecule has 0 aromatic heterocycles. The summed E-state index contributed by atoms with van der Waals surface area (Å²) in [5, 5.41) is 2.15. The molecule has 1 aliphatic heterocycles. The number of hydrogen-bond donors (Lipinski definition) is 1. The first kappa shape index (κ1) is 14.5. The summed E-state index contributed by atoms with van der Waals surface area (Å²) in [5.41, 5.74) is 0. The van der Waals surface area contributed by atoms with Gasteiger partial charge in [0.25, 0.3) is 5.24 Å². The number of thioether (sulfide) groups is 1. The van der Waals surface area contributed by atoms with Crippen molar-refractivity contribution in [2.45, 2.75) is 38.4 Å². The Hall–Kier alpha value is 0.490. The van der Waals surface area contributed by atoms with Crippen LogP contribution in [0.5, 0.6) is 0 Å². The molecule has 0 aliphatic carbocycles. The van der Waals surface area contributed by atoms with Gasteiger partial charge in [0.2, 0.25) is 5.91 Å². The molecule has 1 unspecified atom stereocenters. The van der Waals surface area contributed by atoms with Crippen molar-refractivity contribution < 1.29 is 9.59 Å². The fourth-order valence-electron chi connectivity index (χ4n) is 1.63. The second-order valence-electron chi connectivity index (χ2n) is 3.79. The van der Waals surface area contributed by atoms with E-state index < -0.39 is 4.75 Å². The molecule has 1 radical (unpaired) electrons. The van der Waals surface area contributed by atoms with E-state index in [-0.39, 0.29) is 40.7 Å². The van der Waals surface area contributed by atoms with Crippen LogP contribution in [-0.4, -0.2) is 45.5 Å². The van der Waals surface area contributed by atoms with Crippen LogP contribution in [0, 0.1) is 5.92 Å². The maximum absolute atomic E-state index is 11.5. The molecule has 1 N–H and O–H groups in total. The SMILES string of the molecule is CCC1(CC(C)C)SC(=O)NC1=O.[Na]. The van der Waals surface area contributed by atoms with E-state index in [0.717, 1.165) is 18.2 Å². The van der Waals surface area contributed by atoms with Gasteiger partial charge in [0.15, 0.2) is 0 Å². The fraction of sp³-hybridized carbons (Fsp3) is 0.778. The summed E-state index contributed by atoms with van der Waals surface area (Å²) >= 11 is 1.15. The summed E-state index contributed by atoms with van der Waals surface area (Å²) in [7, 11) is 0. The van der Waals surface area contributed by atoms with Gasteiger partial charge in [-0.25, -0.2) is 0 Å². The molecule has 1 saturated heterocycles. The van der Waals surface area contributed by atoms with Crippen molar-refractivity contribution in [3.05, 3.63) is 0 Å². The molecule has 1 fully saturated rings. The Morgan fingerprint density at radius 3 is 2.29 bits per heavy atom. The minimum absolute atomic E-state index is 0. The number of carbonyl (C=O) groups is 2. The summed E-state index contributed by atoms with van der Waals surface area (Å²) in [6, 6.07) is 0. The van der Waals surface area contributed by atoms with Gasteiger partial charge in [-0.3, -0.25) is 14.9 Å². The molecule has 0 spiro atoms. The summed E-state index contributed by atoms with van der Waals surface area (Å²) in [6.45, 7) is 6.08. The Bertz CT molecular complexity index is 245. The molecule has 2 amide bonds. The van der Waals surface area contributed by atoms with Gasteiger partial charge < -0.3 is 0 Å². The molecule has 0 aromatic carbocycles. The number of hydrogen-bond acceptors (Lipinski definition) is 3. The van der Waals surface area contributed by atoms with Crippen LogP contribution >= 0.6 is 11.8 Å². The van der Waals surface area contributed by atoms with Crippen molar-refractivity contribution in [1.29, 1.82) is 0 Å². The maximum Gasteiger partial charge on any atom is 0.286 e. The summed E-state index contributed by atoms with van der Waals surface area (Å²) in [6.07, 6.45) is 1.49. The molecule has 14 heavy (non-hydrogen) atoms. The van der Waals surface area contributed by atoms with Crippen LogP contribution < -0.4 is 5.32 Å². The van der Waals surface area contributed by atoms with Crippen molar-refractivity contribution in [2.75, 3.05) is 0 Å². The number of carbonyl (C=O) groups excluding carboxylic acids is 2. The standard InChI is InChI=1S/C9H15NO2S.Na/c1-4-9(5-6(2)3)7(11)10-8(12)13-9;/h6H,4-5H2,1-3H3,(H,10,11,12);. The van der Waals surface area contributed by atoms with Gasteiger partial charge in [-0.05, 0) is 30.5 Å². The first-order chi connectivity index (χ1) is 6.00. The summed E-state index contributed by atoms with van der Waals surface area (Å²) < 4.78 is -0.495. The second kappa shape index (κ2) is 5.54. The quantitative estimate of drug-likeness (QED) is 0.743. The predicted octanol–water partition coefficient (Wildman–Crippen LogP) is 1.78. The van der Waals surface area contributed by atoms with Gasteiger partial charge in [-0.2, -0.15) is 0 Å². The normalized spacial score (nSPS) is 26.3. The average Bonchev–Trinajstić information content (AvgIpc) is 2.26. The van der Waals surface area contributed by atoms with Crippen LogP contribution in [0.3, 0.4) is 0 Å². The number of rotatable bonds is 3. The molecule has 1 aliphatic rings. The van der Waals surface area contributed by atoms with Crippen LogP contribution in [0.25, 0.3) is 0 Å². The molecule has 0 saturated carbocycles. The second-order valence-corrected chi connectivity index (χ2v) is 5.15. The van der Waals surface area contributed by atoms with Crippen LogP contribution in [0.15, 0.2) is 0 Å². The Morgan fingerprint density at radius 2 is 2.00 bits per heavy atom. The van der Waals surface area contributed by atoms with E-state index in [4.69, 9.17) is 0 Å². The van der Waals surface area contributed by atoms with E-state index >= 15 is 0 Å². The fourth-order valence-corrected chi connectivity index (χ4v) is 2.83. The van der Waals surface area contributed by atoms with Gasteiger partial charge in [0, 0.05) is 29.6 Å². The number of nitrogens with one attached hydrogen (secondary N) is 1. The van der Waals surface area contributed by atoms with E-state index in [1.165, 1.54) is 0 Å². The largest absolute Gasteiger partial charge is 0.286 e. The van der Waals surface area contributed by atoms with Crippen molar-refractivity contribution in [3.8, 4) is 0 Å². The molecule has 1 atom stereocenters. The van der Waals surface area contributed by atoms with E-state index in [9.17, 15) is 9.59 Å². The van der Waals surface area contributed by atoms with Crippen molar-refractivity contribution in [2.24, 2.45) is 5.92 Å². The summed E-state index contributed by atoms with van der Waals surface area (Å²) in [5.74, 6) is 0.322. The molecular weight excluding hydrogens is 209 g/mol. The topological polar surface area (TPSA) is 46.2 Å².